The molecule has 3 nitrogen and oxygen atoms in total. The van der Waals surface area contributed by atoms with Crippen LogP contribution in [0.4, 0.5) is 0 Å². The Balaban J connectivity index is 2.15. The molecule has 98 valence electrons. The summed E-state index contributed by atoms with van der Waals surface area (Å²) in [6.07, 6.45) is 1.04. The highest BCUT2D eigenvalue weighted by Gasteiger charge is 2.29. The normalized spacial score (nSPS) is 19.6. The maximum absolute atomic E-state index is 12.3. The predicted octanol–water partition coefficient (Wildman–Crippen LogP) is 3.16. The number of benzene rings is 1. The van der Waals surface area contributed by atoms with Crippen molar-refractivity contribution in [1.82, 2.24) is 4.90 Å². The zero-order valence-corrected chi connectivity index (χ0v) is 11.4. The topological polar surface area (TPSA) is 40.5 Å². The molecule has 1 N–H and O–H groups in total. The highest BCUT2D eigenvalue weighted by atomic mass is 35.5. The quantitative estimate of drug-likeness (QED) is 0.894. The summed E-state index contributed by atoms with van der Waals surface area (Å²) in [6.45, 7) is 5.91. The molecule has 1 fully saturated rings. The van der Waals surface area contributed by atoms with E-state index in [0.717, 1.165) is 19.5 Å². The second-order valence-corrected chi connectivity index (χ2v) is 5.62. The number of phenolic OH excluding ortho intramolecular Hbond substituents is 1. The van der Waals surface area contributed by atoms with E-state index in [2.05, 4.69) is 13.8 Å². The summed E-state index contributed by atoms with van der Waals surface area (Å²) in [5.41, 5.74) is 0.390. The van der Waals surface area contributed by atoms with E-state index in [1.165, 1.54) is 12.1 Å². The monoisotopic (exact) mass is 267 g/mol. The Kier molecular flexibility index (Phi) is 3.81. The number of halogens is 1. The third-order valence-corrected chi connectivity index (χ3v) is 3.96. The maximum atomic E-state index is 12.3. The number of hydrogen-bond acceptors (Lipinski definition) is 2. The molecule has 0 saturated carbocycles. The van der Waals surface area contributed by atoms with Crippen molar-refractivity contribution in [3.05, 3.63) is 28.8 Å². The number of rotatable bonds is 2. The van der Waals surface area contributed by atoms with Gasteiger partial charge in [0.1, 0.15) is 5.75 Å². The van der Waals surface area contributed by atoms with Crippen molar-refractivity contribution in [3.63, 3.8) is 0 Å². The first kappa shape index (κ1) is 13.2. The van der Waals surface area contributed by atoms with Gasteiger partial charge in [0.05, 0.1) is 10.6 Å². The molecule has 18 heavy (non-hydrogen) atoms. The van der Waals surface area contributed by atoms with Crippen LogP contribution in [0.15, 0.2) is 18.2 Å². The van der Waals surface area contributed by atoms with Crippen molar-refractivity contribution >= 4 is 17.5 Å². The largest absolute Gasteiger partial charge is 0.508 e. The zero-order valence-electron chi connectivity index (χ0n) is 10.7. The fourth-order valence-corrected chi connectivity index (χ4v) is 2.56. The van der Waals surface area contributed by atoms with E-state index in [9.17, 15) is 9.90 Å². The third-order valence-electron chi connectivity index (χ3n) is 3.64. The van der Waals surface area contributed by atoms with Gasteiger partial charge in [0.25, 0.3) is 5.91 Å². The SMILES string of the molecule is CC(C)C1CCN(C(=O)c2cc(O)ccc2Cl)C1. The highest BCUT2D eigenvalue weighted by Crippen LogP contribution is 2.28. The molecular formula is C14H18ClNO2. The van der Waals surface area contributed by atoms with Crippen LogP contribution in [0.2, 0.25) is 5.02 Å². The molecule has 0 aliphatic carbocycles. The van der Waals surface area contributed by atoms with Crippen molar-refractivity contribution in [2.24, 2.45) is 11.8 Å². The highest BCUT2D eigenvalue weighted by molar-refractivity contribution is 6.33. The summed E-state index contributed by atoms with van der Waals surface area (Å²) < 4.78 is 0. The second-order valence-electron chi connectivity index (χ2n) is 5.21. The summed E-state index contributed by atoms with van der Waals surface area (Å²) >= 11 is 6.01. The Morgan fingerprint density at radius 3 is 2.83 bits per heavy atom. The van der Waals surface area contributed by atoms with Gasteiger partial charge in [0, 0.05) is 13.1 Å². The number of phenols is 1. The summed E-state index contributed by atoms with van der Waals surface area (Å²) in [4.78, 5) is 14.1. The smallest absolute Gasteiger partial charge is 0.255 e. The molecule has 2 rings (SSSR count). The number of amides is 1. The van der Waals surface area contributed by atoms with E-state index in [1.807, 2.05) is 4.90 Å². The Hall–Kier alpha value is -1.22. The Morgan fingerprint density at radius 2 is 2.22 bits per heavy atom. The summed E-state index contributed by atoms with van der Waals surface area (Å²) in [5, 5.41) is 9.83. The van der Waals surface area contributed by atoms with Crippen LogP contribution >= 0.6 is 11.6 Å². The van der Waals surface area contributed by atoms with Gasteiger partial charge >= 0.3 is 0 Å². The van der Waals surface area contributed by atoms with Crippen LogP contribution in [0.5, 0.6) is 5.75 Å². The molecular weight excluding hydrogens is 250 g/mol. The Morgan fingerprint density at radius 1 is 1.50 bits per heavy atom. The average molecular weight is 268 g/mol. The standard InChI is InChI=1S/C14H18ClNO2/c1-9(2)10-5-6-16(8-10)14(18)12-7-11(17)3-4-13(12)15/h3-4,7,9-10,17H,5-6,8H2,1-2H3. The lowest BCUT2D eigenvalue weighted by Gasteiger charge is -2.18. The molecule has 1 aromatic carbocycles. The van der Waals surface area contributed by atoms with E-state index >= 15 is 0 Å². The number of aromatic hydroxyl groups is 1. The fraction of sp³-hybridized carbons (Fsp3) is 0.500. The van der Waals surface area contributed by atoms with Crippen molar-refractivity contribution in [2.75, 3.05) is 13.1 Å². The van der Waals surface area contributed by atoms with Gasteiger partial charge in [-0.1, -0.05) is 25.4 Å². The molecule has 1 unspecified atom stereocenters. The lowest BCUT2D eigenvalue weighted by molar-refractivity contribution is 0.0784. The van der Waals surface area contributed by atoms with E-state index in [4.69, 9.17) is 11.6 Å². The van der Waals surface area contributed by atoms with E-state index in [-0.39, 0.29) is 11.7 Å². The van der Waals surface area contributed by atoms with Crippen LogP contribution in [0.25, 0.3) is 0 Å². The third kappa shape index (κ3) is 2.61. The Labute approximate surface area is 112 Å². The van der Waals surface area contributed by atoms with Gasteiger partial charge in [0.2, 0.25) is 0 Å². The van der Waals surface area contributed by atoms with Crippen LogP contribution in [-0.4, -0.2) is 29.0 Å². The van der Waals surface area contributed by atoms with Crippen molar-refractivity contribution in [1.29, 1.82) is 0 Å². The molecule has 1 heterocycles. The lowest BCUT2D eigenvalue weighted by Crippen LogP contribution is -2.29. The van der Waals surface area contributed by atoms with Crippen LogP contribution in [-0.2, 0) is 0 Å². The zero-order chi connectivity index (χ0) is 13.3. The number of carbonyl (C=O) groups excluding carboxylic acids is 1. The molecule has 1 aliphatic heterocycles. The van der Waals surface area contributed by atoms with E-state index in [1.54, 1.807) is 6.07 Å². The maximum Gasteiger partial charge on any atom is 0.255 e. The van der Waals surface area contributed by atoms with E-state index < -0.39 is 0 Å². The van der Waals surface area contributed by atoms with Gasteiger partial charge in [0.15, 0.2) is 0 Å². The van der Waals surface area contributed by atoms with Crippen LogP contribution < -0.4 is 0 Å². The van der Waals surface area contributed by atoms with Crippen molar-refractivity contribution in [3.8, 4) is 5.75 Å². The average Bonchev–Trinajstić information content (AvgIpc) is 2.81. The summed E-state index contributed by atoms with van der Waals surface area (Å²) in [6, 6.07) is 4.48. The number of nitrogens with zero attached hydrogens (tertiary/aromatic N) is 1. The molecule has 4 heteroatoms. The molecule has 0 aromatic heterocycles. The molecule has 1 amide bonds. The van der Waals surface area contributed by atoms with Crippen molar-refractivity contribution < 1.29 is 9.90 Å². The minimum atomic E-state index is -0.0842. The first-order valence-electron chi connectivity index (χ1n) is 6.27. The molecule has 0 radical (unpaired) electrons. The van der Waals surface area contributed by atoms with Crippen molar-refractivity contribution in [2.45, 2.75) is 20.3 Å². The van der Waals surface area contributed by atoms with E-state index in [0.29, 0.717) is 22.4 Å². The predicted molar refractivity (Wildman–Crippen MR) is 72.0 cm³/mol. The molecule has 1 aromatic rings. The fourth-order valence-electron chi connectivity index (χ4n) is 2.36. The van der Waals surface area contributed by atoms with Gasteiger partial charge < -0.3 is 10.0 Å². The number of likely N-dealkylation sites (tertiary alicyclic amines) is 1. The summed E-state index contributed by atoms with van der Waals surface area (Å²) in [5.74, 6) is 1.13. The number of hydrogen-bond donors (Lipinski definition) is 1. The van der Waals surface area contributed by atoms with Gasteiger partial charge in [-0.2, -0.15) is 0 Å². The van der Waals surface area contributed by atoms with Gasteiger partial charge in [-0.3, -0.25) is 4.79 Å². The molecule has 1 aliphatic rings. The Bertz CT molecular complexity index is 459. The molecule has 1 saturated heterocycles. The summed E-state index contributed by atoms with van der Waals surface area (Å²) in [7, 11) is 0. The van der Waals surface area contributed by atoms with Gasteiger partial charge in [-0.25, -0.2) is 0 Å². The first-order chi connectivity index (χ1) is 8.49. The molecule has 0 bridgehead atoms. The van der Waals surface area contributed by atoms with Crippen LogP contribution in [0, 0.1) is 11.8 Å². The lowest BCUT2D eigenvalue weighted by atomic mass is 9.95. The molecule has 0 spiro atoms. The van der Waals surface area contributed by atoms with Gasteiger partial charge in [-0.05, 0) is 36.5 Å². The second kappa shape index (κ2) is 5.19. The van der Waals surface area contributed by atoms with Crippen LogP contribution in [0.3, 0.4) is 0 Å². The minimum absolute atomic E-state index is 0.0716. The van der Waals surface area contributed by atoms with Gasteiger partial charge in [-0.15, -0.1) is 0 Å². The first-order valence-corrected chi connectivity index (χ1v) is 6.64. The minimum Gasteiger partial charge on any atom is -0.508 e. The van der Waals surface area contributed by atoms with Crippen LogP contribution in [0.1, 0.15) is 30.6 Å². The number of carbonyl (C=O) groups is 1. The molecule has 1 atom stereocenters.